The first-order valence-electron chi connectivity index (χ1n) is 25.6. The van der Waals surface area contributed by atoms with E-state index in [1.807, 2.05) is 97.2 Å². The highest BCUT2D eigenvalue weighted by molar-refractivity contribution is 6.23. The molecule has 0 fully saturated rings. The Hall–Kier alpha value is -9.97. The van der Waals surface area contributed by atoms with Gasteiger partial charge in [-0.1, -0.05) is 225 Å². The molecule has 360 valence electrons. The molecule has 13 rings (SSSR count). The molecule has 2 aromatic heterocycles. The van der Waals surface area contributed by atoms with Crippen LogP contribution in [0.2, 0.25) is 0 Å². The van der Waals surface area contributed by atoms with Crippen LogP contribution in [0.4, 0.5) is 0 Å². The van der Waals surface area contributed by atoms with Crippen molar-refractivity contribution in [2.24, 2.45) is 9.98 Å². The standard InChI is InChI=1S/C71H49N3O2/c1-3-19-53(20-4-2)71(54-26-9-6-10-27-54)60-32-13-11-28-56(60)67-55(30-17-33-61(67)71)48-39-37-47(38-40-48)50-41-42-63-59(44-50)66-52(25-16-35-64(66)76-63)45-73-70(58-31-18-36-65-68(58)57-29-12-14-34-62(57)75-65)74-69(72)51-24-15-23-49(43-51)46-21-7-5-8-22-46/h3-45,72H,1H2,2H3/b20-4-,53-19+,72-69?,73-45?,74-70?. The smallest absolute Gasteiger partial charge is 0.162 e. The first-order chi connectivity index (χ1) is 37.5. The van der Waals surface area contributed by atoms with Crippen LogP contribution in [0, 0.1) is 5.41 Å². The SMILES string of the molecule is C=C/C=C(\C=C/C)C1(c2ccccc2)c2ccccc2-c2c(-c3ccc(-c4ccc5oc6cccc(C=NC(=NC(=N)c7cccc(-c8ccccc8)c7)c7cccc8oc9ccccc9c78)c6c5c4)cc3)cccc21. The Morgan fingerprint density at radius 2 is 1.12 bits per heavy atom. The van der Waals surface area contributed by atoms with Crippen molar-refractivity contribution in [2.75, 3.05) is 0 Å². The summed E-state index contributed by atoms with van der Waals surface area (Å²) in [6, 6.07) is 80.0. The van der Waals surface area contributed by atoms with E-state index in [4.69, 9.17) is 18.8 Å². The van der Waals surface area contributed by atoms with Crippen LogP contribution in [0.5, 0.6) is 0 Å². The zero-order chi connectivity index (χ0) is 51.2. The number of aliphatic imine (C=N–C) groups is 2. The molecule has 1 unspecified atom stereocenters. The summed E-state index contributed by atoms with van der Waals surface area (Å²) in [5.41, 5.74) is 18.7. The number of para-hydroxylation sites is 1. The normalized spacial score (nSPS) is 14.6. The third-order valence-corrected chi connectivity index (χ3v) is 14.8. The molecule has 2 heterocycles. The molecule has 1 aliphatic carbocycles. The Morgan fingerprint density at radius 1 is 0.513 bits per heavy atom. The molecule has 0 amide bonds. The van der Waals surface area contributed by atoms with Crippen molar-refractivity contribution in [3.05, 3.63) is 300 Å². The summed E-state index contributed by atoms with van der Waals surface area (Å²) in [4.78, 5) is 10.2. The minimum atomic E-state index is -0.536. The maximum Gasteiger partial charge on any atom is 0.162 e. The molecule has 0 bridgehead atoms. The molecule has 0 saturated carbocycles. The van der Waals surface area contributed by atoms with Gasteiger partial charge in [0.1, 0.15) is 22.3 Å². The van der Waals surface area contributed by atoms with Crippen LogP contribution in [-0.2, 0) is 5.41 Å². The van der Waals surface area contributed by atoms with E-state index in [-0.39, 0.29) is 5.84 Å². The molecule has 1 atom stereocenters. The van der Waals surface area contributed by atoms with Gasteiger partial charge in [0, 0.05) is 44.4 Å². The number of amidine groups is 2. The van der Waals surface area contributed by atoms with Crippen molar-refractivity contribution >= 4 is 61.8 Å². The molecule has 1 N–H and O–H groups in total. The number of furan rings is 2. The van der Waals surface area contributed by atoms with Crippen LogP contribution >= 0.6 is 0 Å². The molecular formula is C71H49N3O2. The second-order valence-corrected chi connectivity index (χ2v) is 19.1. The summed E-state index contributed by atoms with van der Waals surface area (Å²) >= 11 is 0. The van der Waals surface area contributed by atoms with Gasteiger partial charge in [-0.3, -0.25) is 5.41 Å². The lowest BCUT2D eigenvalue weighted by Gasteiger charge is -2.34. The predicted octanol–water partition coefficient (Wildman–Crippen LogP) is 18.4. The van der Waals surface area contributed by atoms with Crippen molar-refractivity contribution in [3.63, 3.8) is 0 Å². The number of hydrogen-bond acceptors (Lipinski definition) is 3. The largest absolute Gasteiger partial charge is 0.456 e. The number of nitrogens with zero attached hydrogens (tertiary/aromatic N) is 2. The summed E-state index contributed by atoms with van der Waals surface area (Å²) in [5, 5.41) is 13.2. The predicted molar refractivity (Wildman–Crippen MR) is 316 cm³/mol. The van der Waals surface area contributed by atoms with Crippen LogP contribution < -0.4 is 0 Å². The Labute approximate surface area is 441 Å². The van der Waals surface area contributed by atoms with Crippen molar-refractivity contribution in [2.45, 2.75) is 12.3 Å². The molecule has 0 saturated heterocycles. The second kappa shape index (κ2) is 19.1. The fourth-order valence-electron chi connectivity index (χ4n) is 11.5. The van der Waals surface area contributed by atoms with Crippen LogP contribution in [0.25, 0.3) is 88.4 Å². The number of rotatable bonds is 10. The summed E-state index contributed by atoms with van der Waals surface area (Å²) < 4.78 is 12.9. The third-order valence-electron chi connectivity index (χ3n) is 14.8. The van der Waals surface area contributed by atoms with E-state index in [1.165, 1.54) is 39.0 Å². The number of benzene rings is 10. The monoisotopic (exact) mass is 975 g/mol. The molecule has 0 radical (unpaired) electrons. The Bertz CT molecular complexity index is 4380. The van der Waals surface area contributed by atoms with Crippen LogP contribution in [0.1, 0.15) is 40.3 Å². The molecular weight excluding hydrogens is 927 g/mol. The molecule has 0 aliphatic heterocycles. The summed E-state index contributed by atoms with van der Waals surface area (Å²) in [7, 11) is 0. The van der Waals surface area contributed by atoms with E-state index >= 15 is 0 Å². The molecule has 5 heteroatoms. The Kier molecular flexibility index (Phi) is 11.5. The van der Waals surface area contributed by atoms with E-state index in [0.29, 0.717) is 11.4 Å². The topological polar surface area (TPSA) is 74.8 Å². The fourth-order valence-corrected chi connectivity index (χ4v) is 11.5. The number of hydrogen-bond donors (Lipinski definition) is 1. The van der Waals surface area contributed by atoms with Gasteiger partial charge in [0.15, 0.2) is 11.7 Å². The minimum Gasteiger partial charge on any atom is -0.456 e. The van der Waals surface area contributed by atoms with Gasteiger partial charge in [-0.2, -0.15) is 0 Å². The lowest BCUT2D eigenvalue weighted by Crippen LogP contribution is -2.29. The van der Waals surface area contributed by atoms with Gasteiger partial charge in [-0.25, -0.2) is 9.98 Å². The Morgan fingerprint density at radius 3 is 1.93 bits per heavy atom. The van der Waals surface area contributed by atoms with Gasteiger partial charge in [-0.05, 0) is 110 Å². The summed E-state index contributed by atoms with van der Waals surface area (Å²) in [6.45, 7) is 6.23. The maximum absolute atomic E-state index is 9.41. The summed E-state index contributed by atoms with van der Waals surface area (Å²) in [5.74, 6) is 0.487. The number of nitrogens with one attached hydrogen (secondary N) is 1. The first-order valence-corrected chi connectivity index (χ1v) is 25.6. The van der Waals surface area contributed by atoms with Crippen molar-refractivity contribution < 1.29 is 8.83 Å². The van der Waals surface area contributed by atoms with Crippen LogP contribution in [-0.4, -0.2) is 17.9 Å². The molecule has 12 aromatic rings. The first kappa shape index (κ1) is 45.9. The highest BCUT2D eigenvalue weighted by atomic mass is 16.3. The Balaban J connectivity index is 0.894. The van der Waals surface area contributed by atoms with Gasteiger partial charge in [0.25, 0.3) is 0 Å². The van der Waals surface area contributed by atoms with E-state index < -0.39 is 5.41 Å². The lowest BCUT2D eigenvalue weighted by atomic mass is 9.66. The minimum absolute atomic E-state index is 0.0957. The van der Waals surface area contributed by atoms with Crippen molar-refractivity contribution in [1.82, 2.24) is 0 Å². The quantitative estimate of drug-likeness (QED) is 0.0842. The summed E-state index contributed by atoms with van der Waals surface area (Å²) in [6.07, 6.45) is 10.3. The van der Waals surface area contributed by atoms with Crippen LogP contribution in [0.15, 0.2) is 286 Å². The van der Waals surface area contributed by atoms with E-state index in [0.717, 1.165) is 82.8 Å². The third kappa shape index (κ3) is 7.68. The zero-order valence-electron chi connectivity index (χ0n) is 41.7. The van der Waals surface area contributed by atoms with Crippen molar-refractivity contribution in [3.8, 4) is 44.5 Å². The fraction of sp³-hybridized carbons (Fsp3) is 0.0282. The van der Waals surface area contributed by atoms with Gasteiger partial charge >= 0.3 is 0 Å². The average molecular weight is 976 g/mol. The highest BCUT2D eigenvalue weighted by Gasteiger charge is 2.47. The molecule has 5 nitrogen and oxygen atoms in total. The lowest BCUT2D eigenvalue weighted by molar-refractivity contribution is 0.668. The molecule has 76 heavy (non-hydrogen) atoms. The van der Waals surface area contributed by atoms with Gasteiger partial charge in [-0.15, -0.1) is 0 Å². The van der Waals surface area contributed by atoms with E-state index in [1.54, 1.807) is 0 Å². The van der Waals surface area contributed by atoms with Crippen molar-refractivity contribution in [1.29, 1.82) is 5.41 Å². The molecule has 1 aliphatic rings. The number of fused-ring (bicyclic) bond motifs is 9. The van der Waals surface area contributed by atoms with Gasteiger partial charge in [0.2, 0.25) is 0 Å². The van der Waals surface area contributed by atoms with E-state index in [9.17, 15) is 5.41 Å². The highest BCUT2D eigenvalue weighted by Crippen LogP contribution is 2.58. The zero-order valence-corrected chi connectivity index (χ0v) is 41.7. The molecule has 10 aromatic carbocycles. The molecule has 0 spiro atoms. The average Bonchev–Trinajstić information content (AvgIpc) is 4.27. The van der Waals surface area contributed by atoms with Gasteiger partial charge in [0.05, 0.1) is 5.41 Å². The van der Waals surface area contributed by atoms with Crippen LogP contribution in [0.3, 0.4) is 0 Å². The second-order valence-electron chi connectivity index (χ2n) is 19.1. The van der Waals surface area contributed by atoms with Gasteiger partial charge < -0.3 is 8.83 Å². The number of allylic oxidation sites excluding steroid dienone is 5. The maximum atomic E-state index is 9.41. The van der Waals surface area contributed by atoms with E-state index in [2.05, 4.69) is 177 Å².